The summed E-state index contributed by atoms with van der Waals surface area (Å²) >= 11 is 0. The van der Waals surface area contributed by atoms with E-state index in [1.807, 2.05) is 45.8 Å². The van der Waals surface area contributed by atoms with Crippen molar-refractivity contribution in [2.45, 2.75) is 46.2 Å². The van der Waals surface area contributed by atoms with Gasteiger partial charge in [-0.1, -0.05) is 6.92 Å². The number of amides is 2. The molecule has 2 aliphatic rings. The Hall–Kier alpha value is -2.67. The van der Waals surface area contributed by atoms with E-state index in [2.05, 4.69) is 23.1 Å². The van der Waals surface area contributed by atoms with Crippen LogP contribution in [0, 0.1) is 0 Å². The van der Waals surface area contributed by atoms with E-state index in [1.165, 1.54) is 5.56 Å². The predicted molar refractivity (Wildman–Crippen MR) is 116 cm³/mol. The number of fused-ring (bicyclic) bond motifs is 1. The van der Waals surface area contributed by atoms with Gasteiger partial charge in [-0.3, -0.25) is 19.2 Å². The van der Waals surface area contributed by atoms with Crippen LogP contribution in [0.5, 0.6) is 0 Å². The molecule has 7 nitrogen and oxygen atoms in total. The molecule has 1 fully saturated rings. The average molecular weight is 410 g/mol. The molecule has 160 valence electrons. The summed E-state index contributed by atoms with van der Waals surface area (Å²) in [5.74, 6) is 0.239. The number of rotatable bonds is 5. The Morgan fingerprint density at radius 3 is 2.70 bits per heavy atom. The lowest BCUT2D eigenvalue weighted by atomic mass is 10.1. The summed E-state index contributed by atoms with van der Waals surface area (Å²) in [6.07, 6.45) is 6.34. The average Bonchev–Trinajstić information content (AvgIpc) is 3.33. The van der Waals surface area contributed by atoms with Gasteiger partial charge in [-0.15, -0.1) is 0 Å². The molecule has 3 heterocycles. The zero-order valence-electron chi connectivity index (χ0n) is 18.0. The predicted octanol–water partition coefficient (Wildman–Crippen LogP) is 2.55. The van der Waals surface area contributed by atoms with Crippen molar-refractivity contribution in [2.75, 3.05) is 37.6 Å². The van der Waals surface area contributed by atoms with E-state index in [0.29, 0.717) is 13.0 Å². The number of hydrogen-bond acceptors (Lipinski definition) is 4. The smallest absolute Gasteiger partial charge is 0.253 e. The van der Waals surface area contributed by atoms with Crippen molar-refractivity contribution in [3.05, 3.63) is 47.3 Å². The van der Waals surface area contributed by atoms with Gasteiger partial charge in [0.1, 0.15) is 0 Å². The summed E-state index contributed by atoms with van der Waals surface area (Å²) in [4.78, 5) is 31.5. The molecule has 7 heteroatoms. The van der Waals surface area contributed by atoms with Crippen LogP contribution in [0.2, 0.25) is 0 Å². The zero-order valence-corrected chi connectivity index (χ0v) is 18.0. The van der Waals surface area contributed by atoms with Gasteiger partial charge in [-0.2, -0.15) is 5.10 Å². The first-order chi connectivity index (χ1) is 14.6. The lowest BCUT2D eigenvalue weighted by Crippen LogP contribution is -2.35. The third kappa shape index (κ3) is 4.26. The van der Waals surface area contributed by atoms with Crippen molar-refractivity contribution < 1.29 is 9.59 Å². The molecule has 1 aromatic carbocycles. The van der Waals surface area contributed by atoms with Crippen LogP contribution in [-0.4, -0.2) is 64.1 Å². The summed E-state index contributed by atoms with van der Waals surface area (Å²) in [6, 6.07) is 5.81. The quantitative estimate of drug-likeness (QED) is 0.762. The van der Waals surface area contributed by atoms with Crippen LogP contribution >= 0.6 is 0 Å². The van der Waals surface area contributed by atoms with Gasteiger partial charge in [-0.05, 0) is 43.5 Å². The van der Waals surface area contributed by atoms with Crippen molar-refractivity contribution in [3.63, 3.8) is 0 Å². The molecule has 0 radical (unpaired) electrons. The SMILES string of the molecule is CCC(=O)N1CCc2cc(C(=O)N3CCCN(Cc4cnn(CC)c4)CC3)ccc21. The van der Waals surface area contributed by atoms with Crippen LogP contribution in [0.4, 0.5) is 5.69 Å². The highest BCUT2D eigenvalue weighted by atomic mass is 16.2. The van der Waals surface area contributed by atoms with E-state index < -0.39 is 0 Å². The first-order valence-corrected chi connectivity index (χ1v) is 11.0. The molecule has 0 N–H and O–H groups in total. The number of benzene rings is 1. The number of carbonyl (C=O) groups excluding carboxylic acids is 2. The monoisotopic (exact) mass is 409 g/mol. The Labute approximate surface area is 178 Å². The standard InChI is InChI=1S/C23H31N5O2/c1-3-22(29)28-11-8-19-14-20(6-7-21(19)28)23(30)26-10-5-9-25(12-13-26)16-18-15-24-27(4-2)17-18/h6-7,14-15,17H,3-5,8-13,16H2,1-2H3. The van der Waals surface area contributed by atoms with Crippen molar-refractivity contribution in [1.29, 1.82) is 0 Å². The maximum absolute atomic E-state index is 13.1. The summed E-state index contributed by atoms with van der Waals surface area (Å²) in [6.45, 7) is 9.81. The second-order valence-electron chi connectivity index (χ2n) is 8.12. The first-order valence-electron chi connectivity index (χ1n) is 11.0. The summed E-state index contributed by atoms with van der Waals surface area (Å²) in [5.41, 5.74) is 4.03. The lowest BCUT2D eigenvalue weighted by Gasteiger charge is -2.22. The number of carbonyl (C=O) groups is 2. The van der Waals surface area contributed by atoms with Gasteiger partial charge in [0, 0.05) is 75.2 Å². The summed E-state index contributed by atoms with van der Waals surface area (Å²) in [5, 5.41) is 4.36. The Balaban J connectivity index is 1.39. The van der Waals surface area contributed by atoms with Crippen molar-refractivity contribution in [3.8, 4) is 0 Å². The maximum Gasteiger partial charge on any atom is 0.253 e. The van der Waals surface area contributed by atoms with Crippen molar-refractivity contribution in [2.24, 2.45) is 0 Å². The zero-order chi connectivity index (χ0) is 21.1. The van der Waals surface area contributed by atoms with Gasteiger partial charge >= 0.3 is 0 Å². The third-order valence-electron chi connectivity index (χ3n) is 6.12. The molecule has 2 aromatic rings. The molecule has 2 aliphatic heterocycles. The molecule has 0 bridgehead atoms. The molecule has 0 atom stereocenters. The van der Waals surface area contributed by atoms with Gasteiger partial charge < -0.3 is 9.80 Å². The van der Waals surface area contributed by atoms with Crippen molar-refractivity contribution in [1.82, 2.24) is 19.6 Å². The fraction of sp³-hybridized carbons (Fsp3) is 0.522. The molecule has 30 heavy (non-hydrogen) atoms. The molecule has 0 aliphatic carbocycles. The number of anilines is 1. The fourth-order valence-electron chi connectivity index (χ4n) is 4.42. The van der Waals surface area contributed by atoms with Crippen LogP contribution in [0.15, 0.2) is 30.6 Å². The minimum absolute atomic E-state index is 0.0960. The van der Waals surface area contributed by atoms with E-state index in [9.17, 15) is 9.59 Å². The molecule has 2 amide bonds. The van der Waals surface area contributed by atoms with Gasteiger partial charge in [0.05, 0.1) is 6.20 Å². The summed E-state index contributed by atoms with van der Waals surface area (Å²) in [7, 11) is 0. The summed E-state index contributed by atoms with van der Waals surface area (Å²) < 4.78 is 1.95. The van der Waals surface area contributed by atoms with Gasteiger partial charge in [0.2, 0.25) is 5.91 Å². The molecular formula is C23H31N5O2. The number of aryl methyl sites for hydroxylation is 1. The van der Waals surface area contributed by atoms with E-state index >= 15 is 0 Å². The lowest BCUT2D eigenvalue weighted by molar-refractivity contribution is -0.118. The van der Waals surface area contributed by atoms with Crippen LogP contribution in [-0.2, 0) is 24.3 Å². The van der Waals surface area contributed by atoms with Gasteiger partial charge in [0.25, 0.3) is 5.91 Å². The van der Waals surface area contributed by atoms with Gasteiger partial charge in [-0.25, -0.2) is 0 Å². The molecule has 1 aromatic heterocycles. The Bertz CT molecular complexity index is 922. The highest BCUT2D eigenvalue weighted by Crippen LogP contribution is 2.30. The van der Waals surface area contributed by atoms with E-state index in [4.69, 9.17) is 0 Å². The maximum atomic E-state index is 13.1. The van der Waals surface area contributed by atoms with Gasteiger partial charge in [0.15, 0.2) is 0 Å². The molecular weight excluding hydrogens is 378 g/mol. The van der Waals surface area contributed by atoms with E-state index in [-0.39, 0.29) is 11.8 Å². The molecule has 0 unspecified atom stereocenters. The Kier molecular flexibility index (Phi) is 6.18. The first kappa shape index (κ1) is 20.6. The molecule has 1 saturated heterocycles. The number of aromatic nitrogens is 2. The van der Waals surface area contributed by atoms with Crippen LogP contribution in [0.1, 0.15) is 48.2 Å². The van der Waals surface area contributed by atoms with Crippen molar-refractivity contribution >= 4 is 17.5 Å². The molecule has 4 rings (SSSR count). The molecule has 0 spiro atoms. The second kappa shape index (κ2) is 9.00. The largest absolute Gasteiger partial charge is 0.337 e. The normalized spacial score (nSPS) is 17.1. The van der Waals surface area contributed by atoms with Crippen LogP contribution in [0.25, 0.3) is 0 Å². The van der Waals surface area contributed by atoms with E-state index in [1.54, 1.807) is 0 Å². The van der Waals surface area contributed by atoms with E-state index in [0.717, 1.165) is 68.9 Å². The topological polar surface area (TPSA) is 61.7 Å². The Morgan fingerprint density at radius 2 is 1.93 bits per heavy atom. The fourth-order valence-corrected chi connectivity index (χ4v) is 4.42. The highest BCUT2D eigenvalue weighted by molar-refractivity contribution is 5.98. The van der Waals surface area contributed by atoms with Crippen LogP contribution in [0.3, 0.4) is 0 Å². The third-order valence-corrected chi connectivity index (χ3v) is 6.12. The number of hydrogen-bond donors (Lipinski definition) is 0. The second-order valence-corrected chi connectivity index (χ2v) is 8.12. The highest BCUT2D eigenvalue weighted by Gasteiger charge is 2.26. The minimum Gasteiger partial charge on any atom is -0.337 e. The van der Waals surface area contributed by atoms with Crippen LogP contribution < -0.4 is 4.90 Å². The Morgan fingerprint density at radius 1 is 1.07 bits per heavy atom. The molecule has 0 saturated carbocycles. The number of nitrogens with zero attached hydrogens (tertiary/aromatic N) is 5. The minimum atomic E-state index is 0.0960.